The maximum atomic E-state index is 15.6. The largest absolute Gasteiger partial charge is 0.380 e. The van der Waals surface area contributed by atoms with Gasteiger partial charge in [0.1, 0.15) is 11.6 Å². The Balaban J connectivity index is 1.75. The normalized spacial score (nSPS) is 29.4. The Labute approximate surface area is 178 Å². The number of fused-ring (bicyclic) bond motifs is 2. The van der Waals surface area contributed by atoms with Crippen molar-refractivity contribution in [3.8, 4) is 0 Å². The molecule has 2 aromatic rings. The van der Waals surface area contributed by atoms with Gasteiger partial charge in [0.15, 0.2) is 0 Å². The van der Waals surface area contributed by atoms with Gasteiger partial charge in [-0.3, -0.25) is 4.90 Å². The van der Waals surface area contributed by atoms with Crippen molar-refractivity contribution in [2.24, 2.45) is 0 Å². The molecule has 5 rings (SSSR count). The maximum absolute atomic E-state index is 15.6. The first-order valence-corrected chi connectivity index (χ1v) is 10.7. The van der Waals surface area contributed by atoms with Crippen molar-refractivity contribution in [1.29, 1.82) is 0 Å². The molecule has 0 radical (unpaired) electrons. The molecular formula is C26H27F2NO. The molecule has 30 heavy (non-hydrogen) atoms. The average molecular weight is 409 g/mol. The SMILES string of the molecule is [2H][C@@]1(c2c(F)cc(/C=C/C)cc2F)C2=C(C[C@@H](C)N1[C@H]1CCOC1)c1ccccc1C2. The van der Waals surface area contributed by atoms with Gasteiger partial charge in [-0.05, 0) is 73.1 Å². The average Bonchev–Trinajstić information content (AvgIpc) is 3.36. The van der Waals surface area contributed by atoms with Crippen LogP contribution in [0.3, 0.4) is 0 Å². The highest BCUT2D eigenvalue weighted by Crippen LogP contribution is 2.50. The van der Waals surface area contributed by atoms with E-state index < -0.39 is 17.7 Å². The summed E-state index contributed by atoms with van der Waals surface area (Å²) in [5.41, 5.74) is 4.43. The summed E-state index contributed by atoms with van der Waals surface area (Å²) in [5.74, 6) is -1.33. The zero-order chi connectivity index (χ0) is 21.8. The molecule has 3 atom stereocenters. The van der Waals surface area contributed by atoms with Crippen molar-refractivity contribution in [1.82, 2.24) is 4.90 Å². The van der Waals surface area contributed by atoms with E-state index in [4.69, 9.17) is 4.74 Å². The number of nitrogens with zero attached hydrogens (tertiary/aromatic N) is 1. The van der Waals surface area contributed by atoms with E-state index in [1.807, 2.05) is 24.0 Å². The second-order valence-corrected chi connectivity index (χ2v) is 8.48. The van der Waals surface area contributed by atoms with Crippen LogP contribution in [0.2, 0.25) is 0 Å². The predicted octanol–water partition coefficient (Wildman–Crippen LogP) is 5.93. The highest BCUT2D eigenvalue weighted by molar-refractivity contribution is 5.79. The zero-order valence-electron chi connectivity index (χ0n) is 18.4. The molecule has 0 bridgehead atoms. The van der Waals surface area contributed by atoms with Crippen LogP contribution >= 0.6 is 0 Å². The van der Waals surface area contributed by atoms with E-state index in [1.165, 1.54) is 12.1 Å². The Kier molecular flexibility index (Phi) is 4.77. The van der Waals surface area contributed by atoms with Gasteiger partial charge in [-0.1, -0.05) is 36.4 Å². The van der Waals surface area contributed by atoms with Gasteiger partial charge in [-0.2, -0.15) is 0 Å². The summed E-state index contributed by atoms with van der Waals surface area (Å²) in [5, 5.41) is 0. The van der Waals surface area contributed by atoms with E-state index in [9.17, 15) is 1.37 Å². The number of halogens is 2. The van der Waals surface area contributed by atoms with E-state index in [2.05, 4.69) is 19.1 Å². The van der Waals surface area contributed by atoms with Gasteiger partial charge in [0.05, 0.1) is 14.0 Å². The third kappa shape index (κ3) is 3.14. The summed E-state index contributed by atoms with van der Waals surface area (Å²) in [6, 6.07) is 9.11. The summed E-state index contributed by atoms with van der Waals surface area (Å²) in [6.45, 7) is 4.98. The molecule has 0 N–H and O–H groups in total. The van der Waals surface area contributed by atoms with E-state index in [0.29, 0.717) is 25.2 Å². The Morgan fingerprint density at radius 1 is 1.20 bits per heavy atom. The monoisotopic (exact) mass is 408 g/mol. The van der Waals surface area contributed by atoms with Crippen molar-refractivity contribution in [3.63, 3.8) is 0 Å². The molecule has 1 fully saturated rings. The third-order valence-corrected chi connectivity index (χ3v) is 6.55. The molecule has 0 amide bonds. The molecule has 0 saturated carbocycles. The second-order valence-electron chi connectivity index (χ2n) is 8.48. The lowest BCUT2D eigenvalue weighted by Crippen LogP contribution is -2.48. The summed E-state index contributed by atoms with van der Waals surface area (Å²) in [7, 11) is 0. The standard InChI is InChI=1S/C26H27F2NO/c1-3-6-17-12-23(27)25(24(28)13-17)26-22-14-18-7-4-5-8-20(18)21(22)11-16(2)29(26)19-9-10-30-15-19/h3-8,12-13,16,19,26H,9-11,14-15H2,1-2H3/b6-3+/t16-,19+,26+/m1/s1/i26D. The van der Waals surface area contributed by atoms with E-state index in [1.54, 1.807) is 12.2 Å². The van der Waals surface area contributed by atoms with Crippen molar-refractivity contribution < 1.29 is 14.9 Å². The van der Waals surface area contributed by atoms with Gasteiger partial charge >= 0.3 is 0 Å². The van der Waals surface area contributed by atoms with Gasteiger partial charge < -0.3 is 4.74 Å². The fourth-order valence-corrected chi connectivity index (χ4v) is 5.33. The lowest BCUT2D eigenvalue weighted by atomic mass is 9.83. The maximum Gasteiger partial charge on any atom is 0.131 e. The molecule has 156 valence electrons. The van der Waals surface area contributed by atoms with Gasteiger partial charge in [0, 0.05) is 24.3 Å². The van der Waals surface area contributed by atoms with Crippen LogP contribution in [0.15, 0.2) is 48.0 Å². The van der Waals surface area contributed by atoms with Crippen LogP contribution in [0, 0.1) is 11.6 Å². The van der Waals surface area contributed by atoms with E-state index >= 15 is 8.78 Å². The molecule has 0 spiro atoms. The fourth-order valence-electron chi connectivity index (χ4n) is 5.33. The molecule has 2 nitrogen and oxygen atoms in total. The van der Waals surface area contributed by atoms with E-state index in [0.717, 1.165) is 35.1 Å². The van der Waals surface area contributed by atoms with Crippen LogP contribution in [-0.2, 0) is 11.2 Å². The second kappa shape index (κ2) is 7.75. The number of rotatable bonds is 3. The van der Waals surface area contributed by atoms with Crippen molar-refractivity contribution in [2.45, 2.75) is 51.2 Å². The molecule has 1 aliphatic carbocycles. The number of benzene rings is 2. The Bertz CT molecular complexity index is 1070. The first-order valence-electron chi connectivity index (χ1n) is 11.2. The highest BCUT2D eigenvalue weighted by Gasteiger charge is 2.44. The number of hydrogen-bond donors (Lipinski definition) is 0. The first-order chi connectivity index (χ1) is 14.9. The van der Waals surface area contributed by atoms with Crippen LogP contribution in [0.1, 0.15) is 56.3 Å². The summed E-state index contributed by atoms with van der Waals surface area (Å²) in [4.78, 5) is 2.02. The van der Waals surface area contributed by atoms with Crippen LogP contribution < -0.4 is 0 Å². The van der Waals surface area contributed by atoms with Gasteiger partial charge in [0.25, 0.3) is 0 Å². The molecular weight excluding hydrogens is 380 g/mol. The number of allylic oxidation sites excluding steroid dienone is 1. The lowest BCUT2D eigenvalue weighted by molar-refractivity contribution is 0.0778. The minimum atomic E-state index is -1.62. The van der Waals surface area contributed by atoms with Crippen molar-refractivity contribution in [3.05, 3.63) is 81.9 Å². The van der Waals surface area contributed by atoms with Crippen molar-refractivity contribution in [2.75, 3.05) is 13.2 Å². The van der Waals surface area contributed by atoms with Gasteiger partial charge in [-0.25, -0.2) is 8.78 Å². The van der Waals surface area contributed by atoms with Crippen LogP contribution in [-0.4, -0.2) is 30.2 Å². The molecule has 3 aliphatic rings. The number of ether oxygens (including phenoxy) is 1. The van der Waals surface area contributed by atoms with E-state index in [-0.39, 0.29) is 17.6 Å². The topological polar surface area (TPSA) is 12.5 Å². The summed E-state index contributed by atoms with van der Waals surface area (Å²) < 4.78 is 46.5. The molecule has 0 unspecified atom stereocenters. The molecule has 2 heterocycles. The molecule has 2 aromatic carbocycles. The van der Waals surface area contributed by atoms with Gasteiger partial charge in [0.2, 0.25) is 0 Å². The van der Waals surface area contributed by atoms with Crippen molar-refractivity contribution >= 4 is 11.6 Å². The van der Waals surface area contributed by atoms with Gasteiger partial charge in [-0.15, -0.1) is 0 Å². The minimum absolute atomic E-state index is 0.0388. The van der Waals surface area contributed by atoms with Crippen LogP contribution in [0.25, 0.3) is 11.6 Å². The smallest absolute Gasteiger partial charge is 0.131 e. The molecule has 2 aliphatic heterocycles. The highest BCUT2D eigenvalue weighted by atomic mass is 19.1. The van der Waals surface area contributed by atoms with Crippen LogP contribution in [0.4, 0.5) is 8.78 Å². The fraction of sp³-hybridized carbons (Fsp3) is 0.385. The first kappa shape index (κ1) is 18.5. The quantitative estimate of drug-likeness (QED) is 0.624. The number of hydrogen-bond acceptors (Lipinski definition) is 2. The molecule has 1 saturated heterocycles. The Morgan fingerprint density at radius 2 is 1.97 bits per heavy atom. The molecule has 4 heteroatoms. The lowest BCUT2D eigenvalue weighted by Gasteiger charge is -2.45. The Hall–Kier alpha value is -2.30. The predicted molar refractivity (Wildman–Crippen MR) is 116 cm³/mol. The van der Waals surface area contributed by atoms with Crippen LogP contribution in [0.5, 0.6) is 0 Å². The molecule has 0 aromatic heterocycles. The minimum Gasteiger partial charge on any atom is -0.380 e. The summed E-state index contributed by atoms with van der Waals surface area (Å²) in [6.07, 6.45) is 5.50. The third-order valence-electron chi connectivity index (χ3n) is 6.55. The zero-order valence-corrected chi connectivity index (χ0v) is 17.4. The summed E-state index contributed by atoms with van der Waals surface area (Å²) >= 11 is 0. The Morgan fingerprint density at radius 3 is 2.67 bits per heavy atom.